The lowest BCUT2D eigenvalue weighted by molar-refractivity contribution is -0.122. The molecule has 1 rings (SSSR count). The minimum absolute atomic E-state index is 0.228. The molecule has 1 saturated heterocycles. The van der Waals surface area contributed by atoms with Crippen LogP contribution < -0.4 is 5.32 Å². The van der Waals surface area contributed by atoms with Gasteiger partial charge in [-0.2, -0.15) is 0 Å². The number of aliphatic hydroxyl groups is 1. The summed E-state index contributed by atoms with van der Waals surface area (Å²) in [6.45, 7) is 1.91. The summed E-state index contributed by atoms with van der Waals surface area (Å²) in [5.41, 5.74) is 0.402. The van der Waals surface area contributed by atoms with Gasteiger partial charge in [0.05, 0.1) is 12.7 Å². The van der Waals surface area contributed by atoms with Crippen molar-refractivity contribution < 1.29 is 19.4 Å². The van der Waals surface area contributed by atoms with Gasteiger partial charge in [0.25, 0.3) is 5.91 Å². The lowest BCUT2D eigenvalue weighted by atomic mass is 10.2. The number of nitrogens with zero attached hydrogens (tertiary/aromatic N) is 1. The SMILES string of the molecule is C/C(=C/N(C)C1CC(O)CO1)C(=O)NC=O. The van der Waals surface area contributed by atoms with Crippen LogP contribution >= 0.6 is 0 Å². The highest BCUT2D eigenvalue weighted by Crippen LogP contribution is 2.16. The van der Waals surface area contributed by atoms with Crippen LogP contribution in [0.15, 0.2) is 11.8 Å². The predicted molar refractivity (Wildman–Crippen MR) is 56.1 cm³/mol. The van der Waals surface area contributed by atoms with Gasteiger partial charge >= 0.3 is 0 Å². The predicted octanol–water partition coefficient (Wildman–Crippen LogP) is -0.798. The molecule has 2 N–H and O–H groups in total. The fraction of sp³-hybridized carbons (Fsp3) is 0.600. The van der Waals surface area contributed by atoms with Crippen molar-refractivity contribution >= 4 is 12.3 Å². The van der Waals surface area contributed by atoms with Crippen molar-refractivity contribution in [3.8, 4) is 0 Å². The maximum Gasteiger partial charge on any atom is 0.254 e. The van der Waals surface area contributed by atoms with E-state index < -0.39 is 12.0 Å². The quantitative estimate of drug-likeness (QED) is 0.486. The molecule has 0 saturated carbocycles. The van der Waals surface area contributed by atoms with Crippen LogP contribution in [-0.2, 0) is 14.3 Å². The van der Waals surface area contributed by atoms with E-state index in [-0.39, 0.29) is 6.23 Å². The maximum atomic E-state index is 11.2. The van der Waals surface area contributed by atoms with Gasteiger partial charge in [-0.05, 0) is 6.92 Å². The second-order valence-electron chi connectivity index (χ2n) is 3.75. The molecule has 0 aromatic carbocycles. The molecule has 0 spiro atoms. The van der Waals surface area contributed by atoms with Gasteiger partial charge in [0.1, 0.15) is 6.23 Å². The molecule has 0 bridgehead atoms. The zero-order chi connectivity index (χ0) is 12.1. The first-order valence-electron chi connectivity index (χ1n) is 4.99. The average Bonchev–Trinajstić information content (AvgIpc) is 2.65. The summed E-state index contributed by atoms with van der Waals surface area (Å²) in [5.74, 6) is -0.444. The van der Waals surface area contributed by atoms with Crippen LogP contribution in [0.1, 0.15) is 13.3 Å². The molecule has 0 aliphatic carbocycles. The molecular weight excluding hydrogens is 212 g/mol. The Labute approximate surface area is 93.9 Å². The summed E-state index contributed by atoms with van der Waals surface area (Å²) in [7, 11) is 1.75. The molecule has 2 unspecified atom stereocenters. The molecule has 90 valence electrons. The topological polar surface area (TPSA) is 78.9 Å². The van der Waals surface area contributed by atoms with Gasteiger partial charge in [0.15, 0.2) is 0 Å². The molecular formula is C10H16N2O4. The van der Waals surface area contributed by atoms with Crippen molar-refractivity contribution in [2.45, 2.75) is 25.7 Å². The molecule has 6 nitrogen and oxygen atoms in total. The summed E-state index contributed by atoms with van der Waals surface area (Å²) in [4.78, 5) is 23.0. The molecule has 0 aromatic heterocycles. The van der Waals surface area contributed by atoms with Crippen LogP contribution in [0.2, 0.25) is 0 Å². The number of ether oxygens (including phenoxy) is 1. The Balaban J connectivity index is 2.54. The fourth-order valence-electron chi connectivity index (χ4n) is 1.49. The van der Waals surface area contributed by atoms with Gasteiger partial charge in [-0.1, -0.05) is 0 Å². The van der Waals surface area contributed by atoms with E-state index in [1.54, 1.807) is 25.1 Å². The van der Waals surface area contributed by atoms with E-state index >= 15 is 0 Å². The van der Waals surface area contributed by atoms with E-state index in [0.717, 1.165) is 0 Å². The number of amides is 2. The molecule has 1 heterocycles. The number of imide groups is 1. The van der Waals surface area contributed by atoms with E-state index in [1.165, 1.54) is 0 Å². The summed E-state index contributed by atoms with van der Waals surface area (Å²) in [6.07, 6.45) is 1.76. The fourth-order valence-corrected chi connectivity index (χ4v) is 1.49. The minimum atomic E-state index is -0.454. The molecule has 0 radical (unpaired) electrons. The molecule has 6 heteroatoms. The maximum absolute atomic E-state index is 11.2. The minimum Gasteiger partial charge on any atom is -0.391 e. The van der Waals surface area contributed by atoms with Crippen LogP contribution in [0.3, 0.4) is 0 Å². The lowest BCUT2D eigenvalue weighted by Crippen LogP contribution is -2.29. The van der Waals surface area contributed by atoms with Crippen LogP contribution in [0.4, 0.5) is 0 Å². The van der Waals surface area contributed by atoms with E-state index in [9.17, 15) is 14.7 Å². The highest BCUT2D eigenvalue weighted by atomic mass is 16.5. The van der Waals surface area contributed by atoms with Crippen molar-refractivity contribution in [1.82, 2.24) is 10.2 Å². The molecule has 16 heavy (non-hydrogen) atoms. The van der Waals surface area contributed by atoms with Gasteiger partial charge in [0.2, 0.25) is 6.41 Å². The Hall–Kier alpha value is -1.40. The van der Waals surface area contributed by atoms with Crippen LogP contribution in [0, 0.1) is 0 Å². The second-order valence-corrected chi connectivity index (χ2v) is 3.75. The third kappa shape index (κ3) is 3.32. The molecule has 0 aromatic rings. The normalized spacial score (nSPS) is 25.3. The van der Waals surface area contributed by atoms with Gasteiger partial charge in [-0.3, -0.25) is 14.9 Å². The first-order valence-corrected chi connectivity index (χ1v) is 4.99. The molecule has 1 aliphatic heterocycles. The van der Waals surface area contributed by atoms with E-state index in [2.05, 4.69) is 0 Å². The van der Waals surface area contributed by atoms with Crippen molar-refractivity contribution in [1.29, 1.82) is 0 Å². The summed E-state index contributed by atoms with van der Waals surface area (Å²) in [5, 5.41) is 11.3. The smallest absolute Gasteiger partial charge is 0.254 e. The van der Waals surface area contributed by atoms with Crippen molar-refractivity contribution in [3.05, 3.63) is 11.8 Å². The molecule has 2 amide bonds. The lowest BCUT2D eigenvalue weighted by Gasteiger charge is -2.22. The van der Waals surface area contributed by atoms with Crippen LogP contribution in [0.25, 0.3) is 0 Å². The van der Waals surface area contributed by atoms with E-state index in [0.29, 0.717) is 25.0 Å². The Morgan fingerprint density at radius 3 is 2.81 bits per heavy atom. The number of nitrogens with one attached hydrogen (secondary N) is 1. The van der Waals surface area contributed by atoms with Crippen LogP contribution in [0.5, 0.6) is 0 Å². The summed E-state index contributed by atoms with van der Waals surface area (Å²) < 4.78 is 5.30. The largest absolute Gasteiger partial charge is 0.391 e. The molecule has 1 aliphatic rings. The Bertz CT molecular complexity index is 303. The van der Waals surface area contributed by atoms with Crippen molar-refractivity contribution in [3.63, 3.8) is 0 Å². The first-order chi connectivity index (χ1) is 7.54. The van der Waals surface area contributed by atoms with Gasteiger partial charge in [0, 0.05) is 25.2 Å². The zero-order valence-electron chi connectivity index (χ0n) is 9.34. The number of hydrogen-bond donors (Lipinski definition) is 2. The first kappa shape index (κ1) is 12.7. The standard InChI is InChI=1S/C10H16N2O4/c1-7(10(15)11-6-13)4-12(2)9-3-8(14)5-16-9/h4,6,8-9,14H,3,5H2,1-2H3,(H,11,13,15)/b7-4-. The number of carbonyl (C=O) groups is 2. The number of aliphatic hydroxyl groups excluding tert-OH is 1. The van der Waals surface area contributed by atoms with Crippen molar-refractivity contribution in [2.24, 2.45) is 0 Å². The zero-order valence-corrected chi connectivity index (χ0v) is 9.34. The molecule has 1 fully saturated rings. The van der Waals surface area contributed by atoms with Crippen LogP contribution in [-0.4, -0.2) is 48.3 Å². The molecule has 2 atom stereocenters. The summed E-state index contributed by atoms with van der Waals surface area (Å²) in [6, 6.07) is 0. The third-order valence-electron chi connectivity index (χ3n) is 2.35. The number of rotatable bonds is 4. The average molecular weight is 228 g/mol. The van der Waals surface area contributed by atoms with E-state index in [4.69, 9.17) is 4.74 Å². The number of carbonyl (C=O) groups excluding carboxylic acids is 2. The van der Waals surface area contributed by atoms with Gasteiger partial charge in [-0.25, -0.2) is 0 Å². The van der Waals surface area contributed by atoms with Crippen molar-refractivity contribution in [2.75, 3.05) is 13.7 Å². The Morgan fingerprint density at radius 1 is 1.62 bits per heavy atom. The summed E-state index contributed by atoms with van der Waals surface area (Å²) >= 11 is 0. The number of hydrogen-bond acceptors (Lipinski definition) is 5. The monoisotopic (exact) mass is 228 g/mol. The van der Waals surface area contributed by atoms with Gasteiger partial charge in [-0.15, -0.1) is 0 Å². The Kier molecular flexibility index (Phi) is 4.45. The second kappa shape index (κ2) is 5.62. The van der Waals surface area contributed by atoms with E-state index in [1.807, 2.05) is 5.32 Å². The van der Waals surface area contributed by atoms with Gasteiger partial charge < -0.3 is 14.7 Å². The third-order valence-corrected chi connectivity index (χ3v) is 2.35. The highest BCUT2D eigenvalue weighted by Gasteiger charge is 2.25. The Morgan fingerprint density at radius 2 is 2.31 bits per heavy atom. The highest BCUT2D eigenvalue weighted by molar-refractivity contribution is 5.98.